The van der Waals surface area contributed by atoms with Crippen molar-refractivity contribution in [2.24, 2.45) is 23.7 Å². The number of unbranched alkanes of at least 4 members (excludes halogenated alkanes) is 3. The second-order valence-corrected chi connectivity index (χ2v) is 12.0. The number of hydrogen-bond acceptors (Lipinski definition) is 6. The number of carbonyl (C=O) groups is 1. The van der Waals surface area contributed by atoms with Crippen LogP contribution in [0, 0.1) is 23.7 Å². The van der Waals surface area contributed by atoms with Crippen LogP contribution in [0.3, 0.4) is 0 Å². The number of carbonyl (C=O) groups excluding carboxylic acids is 1. The average molecular weight is 516 g/mol. The van der Waals surface area contributed by atoms with Gasteiger partial charge in [-0.2, -0.15) is 0 Å². The molecule has 1 aromatic rings. The van der Waals surface area contributed by atoms with E-state index in [9.17, 15) is 4.79 Å². The first-order valence-corrected chi connectivity index (χ1v) is 14.6. The zero-order valence-electron chi connectivity index (χ0n) is 23.0. The molecule has 8 atom stereocenters. The van der Waals surface area contributed by atoms with Gasteiger partial charge in [-0.15, -0.1) is 0 Å². The highest BCUT2D eigenvalue weighted by Gasteiger charge is 2.69. The Labute approximate surface area is 221 Å². The zero-order chi connectivity index (χ0) is 26.0. The number of rotatable bonds is 10. The van der Waals surface area contributed by atoms with Crippen LogP contribution >= 0.6 is 0 Å². The molecule has 2 bridgehead atoms. The summed E-state index contributed by atoms with van der Waals surface area (Å²) >= 11 is 0. The summed E-state index contributed by atoms with van der Waals surface area (Å²) in [6.07, 6.45) is 9.34. The second-order valence-electron chi connectivity index (χ2n) is 12.0. The van der Waals surface area contributed by atoms with Gasteiger partial charge in [-0.25, -0.2) is 9.78 Å². The third kappa shape index (κ3) is 5.42. The van der Waals surface area contributed by atoms with Gasteiger partial charge >= 0.3 is 0 Å². The van der Waals surface area contributed by atoms with Crippen molar-refractivity contribution < 1.29 is 28.8 Å². The molecule has 37 heavy (non-hydrogen) atoms. The van der Waals surface area contributed by atoms with Crippen molar-refractivity contribution in [2.45, 2.75) is 116 Å². The number of benzene rings is 1. The van der Waals surface area contributed by atoms with Crippen LogP contribution in [0.25, 0.3) is 0 Å². The second kappa shape index (κ2) is 11.2. The zero-order valence-corrected chi connectivity index (χ0v) is 23.0. The number of ether oxygens (including phenoxy) is 3. The Bertz CT molecular complexity index is 923. The van der Waals surface area contributed by atoms with E-state index < -0.39 is 17.7 Å². The maximum absolute atomic E-state index is 12.8. The van der Waals surface area contributed by atoms with Gasteiger partial charge in [0.25, 0.3) is 0 Å². The Kier molecular flexibility index (Phi) is 8.15. The highest BCUT2D eigenvalue weighted by atomic mass is 17.3. The van der Waals surface area contributed by atoms with Crippen molar-refractivity contribution in [3.8, 4) is 5.75 Å². The van der Waals surface area contributed by atoms with E-state index in [1.165, 1.54) is 25.7 Å². The summed E-state index contributed by atoms with van der Waals surface area (Å²) in [6, 6.07) is 7.64. The van der Waals surface area contributed by atoms with Gasteiger partial charge in [-0.05, 0) is 81.0 Å². The van der Waals surface area contributed by atoms with Gasteiger partial charge in [0, 0.05) is 24.4 Å². The van der Waals surface area contributed by atoms with Gasteiger partial charge in [-0.3, -0.25) is 4.79 Å². The van der Waals surface area contributed by atoms with Crippen LogP contribution in [-0.2, 0) is 24.0 Å². The predicted octanol–water partition coefficient (Wildman–Crippen LogP) is 6.61. The Morgan fingerprint density at radius 1 is 1.05 bits per heavy atom. The molecular formula is C30H45NO6. The highest BCUT2D eigenvalue weighted by Crippen LogP contribution is 2.60. The number of nitrogens with one attached hydrogen (secondary N) is 1. The van der Waals surface area contributed by atoms with Crippen molar-refractivity contribution >= 4 is 11.6 Å². The fraction of sp³-hybridized carbons (Fsp3) is 0.767. The van der Waals surface area contributed by atoms with Crippen LogP contribution in [0.5, 0.6) is 5.75 Å². The summed E-state index contributed by atoms with van der Waals surface area (Å²) in [5.74, 6) is 1.50. The highest BCUT2D eigenvalue weighted by molar-refractivity contribution is 5.90. The lowest BCUT2D eigenvalue weighted by molar-refractivity contribution is -0.571. The monoisotopic (exact) mass is 515 g/mol. The molecule has 1 saturated carbocycles. The molecule has 5 fully saturated rings. The van der Waals surface area contributed by atoms with E-state index in [-0.39, 0.29) is 23.8 Å². The molecule has 0 aromatic heterocycles. The van der Waals surface area contributed by atoms with Crippen LogP contribution in [0.4, 0.5) is 5.69 Å². The van der Waals surface area contributed by atoms with Gasteiger partial charge in [0.1, 0.15) is 5.75 Å². The minimum absolute atomic E-state index is 0.00526. The summed E-state index contributed by atoms with van der Waals surface area (Å²) in [4.78, 5) is 24.9. The van der Waals surface area contributed by atoms with Gasteiger partial charge in [0.05, 0.1) is 12.7 Å². The van der Waals surface area contributed by atoms with E-state index in [0.29, 0.717) is 24.7 Å². The van der Waals surface area contributed by atoms with Crippen LogP contribution < -0.4 is 10.1 Å². The molecule has 5 aliphatic rings. The van der Waals surface area contributed by atoms with Crippen LogP contribution in [0.1, 0.15) is 91.9 Å². The number of amides is 1. The minimum atomic E-state index is -0.772. The number of anilines is 1. The third-order valence-electron chi connectivity index (χ3n) is 9.36. The molecule has 6 rings (SSSR count). The van der Waals surface area contributed by atoms with Crippen molar-refractivity contribution in [1.82, 2.24) is 0 Å². The maximum atomic E-state index is 12.8. The lowest BCUT2D eigenvalue weighted by Gasteiger charge is -2.60. The van der Waals surface area contributed by atoms with Crippen LogP contribution in [-0.4, -0.2) is 36.3 Å². The van der Waals surface area contributed by atoms with Crippen LogP contribution in [0.15, 0.2) is 24.3 Å². The summed E-state index contributed by atoms with van der Waals surface area (Å²) in [5.41, 5.74) is 0.234. The van der Waals surface area contributed by atoms with E-state index in [4.69, 9.17) is 24.0 Å². The Morgan fingerprint density at radius 2 is 1.86 bits per heavy atom. The summed E-state index contributed by atoms with van der Waals surface area (Å²) in [5, 5.41) is 3.03. The fourth-order valence-corrected chi connectivity index (χ4v) is 7.16. The molecular weight excluding hydrogens is 470 g/mol. The lowest BCUT2D eigenvalue weighted by atomic mass is 9.57. The quantitative estimate of drug-likeness (QED) is 0.279. The molecule has 1 unspecified atom stereocenters. The fourth-order valence-electron chi connectivity index (χ4n) is 7.16. The number of hydrogen-bond donors (Lipinski definition) is 1. The first kappa shape index (κ1) is 26.9. The van der Waals surface area contributed by atoms with Gasteiger partial charge < -0.3 is 19.5 Å². The standard InChI is InChI=1S/C30H45NO6/c1-5-6-7-8-19-33-23-12-10-22(11-13-23)31-27(32)16-15-26-21(3)25-14-9-20(2)24-17-18-29(4)35-28(34-26)30(24,25)37-36-29/h10-13,20-21,24-26,28H,5-9,14-19H2,1-4H3,(H,31,32)/t20-,21-,24+,25+,26-,28-,29?,30-/m1/s1. The van der Waals surface area contributed by atoms with Crippen LogP contribution in [0.2, 0.25) is 0 Å². The molecule has 1 aliphatic carbocycles. The van der Waals surface area contributed by atoms with E-state index in [0.717, 1.165) is 43.7 Å². The first-order chi connectivity index (χ1) is 17.8. The van der Waals surface area contributed by atoms with Crippen molar-refractivity contribution in [1.29, 1.82) is 0 Å². The Balaban J connectivity index is 1.16. The molecule has 1 aromatic carbocycles. The Morgan fingerprint density at radius 3 is 2.65 bits per heavy atom. The molecule has 1 amide bonds. The van der Waals surface area contributed by atoms with Gasteiger partial charge in [0.15, 0.2) is 11.9 Å². The van der Waals surface area contributed by atoms with Crippen molar-refractivity contribution in [3.05, 3.63) is 24.3 Å². The largest absolute Gasteiger partial charge is 0.494 e. The molecule has 7 heteroatoms. The topological polar surface area (TPSA) is 75.3 Å². The van der Waals surface area contributed by atoms with Gasteiger partial charge in [0.2, 0.25) is 11.7 Å². The maximum Gasteiger partial charge on any atom is 0.224 e. The molecule has 4 saturated heterocycles. The number of fused-ring (bicyclic) bond motifs is 2. The Hall–Kier alpha value is -1.67. The summed E-state index contributed by atoms with van der Waals surface area (Å²) in [7, 11) is 0. The van der Waals surface area contributed by atoms with Crippen molar-refractivity contribution in [3.63, 3.8) is 0 Å². The third-order valence-corrected chi connectivity index (χ3v) is 9.36. The SMILES string of the molecule is CCCCCCOc1ccc(NC(=O)CC[C@H]2O[C@@H]3OC4(C)CC[C@H]5[C@H](C)CC[C@@H]([C@H]2C)[C@@]35OO4)cc1. The minimum Gasteiger partial charge on any atom is -0.494 e. The molecule has 206 valence electrons. The molecule has 0 radical (unpaired) electrons. The van der Waals surface area contributed by atoms with E-state index in [1.807, 2.05) is 31.2 Å². The smallest absolute Gasteiger partial charge is 0.224 e. The predicted molar refractivity (Wildman–Crippen MR) is 141 cm³/mol. The molecule has 1 N–H and O–H groups in total. The lowest BCUT2D eigenvalue weighted by Crippen LogP contribution is -2.70. The van der Waals surface area contributed by atoms with E-state index in [2.05, 4.69) is 26.1 Å². The van der Waals surface area contributed by atoms with Gasteiger partial charge in [-0.1, -0.05) is 40.0 Å². The normalized spacial score (nSPS) is 38.5. The average Bonchev–Trinajstić information content (AvgIpc) is 3.12. The molecule has 1 spiro atoms. The molecule has 7 nitrogen and oxygen atoms in total. The molecule has 4 heterocycles. The van der Waals surface area contributed by atoms with E-state index >= 15 is 0 Å². The molecule has 4 aliphatic heterocycles. The first-order valence-electron chi connectivity index (χ1n) is 14.6. The van der Waals surface area contributed by atoms with Crippen molar-refractivity contribution in [2.75, 3.05) is 11.9 Å². The van der Waals surface area contributed by atoms with E-state index in [1.54, 1.807) is 0 Å². The summed E-state index contributed by atoms with van der Waals surface area (Å²) < 4.78 is 18.9. The summed E-state index contributed by atoms with van der Waals surface area (Å²) in [6.45, 7) is 9.45.